The number of carboxylic acid groups (broad SMARTS) is 1. The molecule has 0 saturated carbocycles. The summed E-state index contributed by atoms with van der Waals surface area (Å²) in [7, 11) is 0. The largest absolute Gasteiger partial charge is 0.511 e. The van der Waals surface area contributed by atoms with Gasteiger partial charge >= 0.3 is 6.16 Å². The molecule has 0 fully saturated rings. The van der Waals surface area contributed by atoms with Crippen LogP contribution in [0.4, 0.5) is 4.79 Å². The van der Waals surface area contributed by atoms with E-state index in [0.29, 0.717) is 0 Å². The Morgan fingerprint density at radius 1 is 1.19 bits per heavy atom. The molecule has 82 valence electrons. The van der Waals surface area contributed by atoms with Gasteiger partial charge in [0, 0.05) is 4.47 Å². The standard InChI is InChI=1S/C11H7BrO4/c12-8-2-1-6-4-9(13)10(16-11(14)15)5-7(6)3-8/h1-5,13H,(H,14,15). The van der Waals surface area contributed by atoms with E-state index in [0.717, 1.165) is 15.2 Å². The van der Waals surface area contributed by atoms with Gasteiger partial charge in [-0.2, -0.15) is 0 Å². The predicted molar refractivity (Wildman–Crippen MR) is 62.0 cm³/mol. The first-order valence-corrected chi connectivity index (χ1v) is 5.18. The fourth-order valence-electron chi connectivity index (χ4n) is 1.41. The van der Waals surface area contributed by atoms with Gasteiger partial charge in [-0.05, 0) is 35.0 Å². The molecule has 0 unspecified atom stereocenters. The van der Waals surface area contributed by atoms with Crippen molar-refractivity contribution in [3.05, 3.63) is 34.8 Å². The number of carbonyl (C=O) groups is 1. The molecule has 0 aliphatic rings. The van der Waals surface area contributed by atoms with Crippen LogP contribution in [0.2, 0.25) is 0 Å². The Hall–Kier alpha value is -1.75. The Balaban J connectivity index is 2.59. The molecule has 0 radical (unpaired) electrons. The van der Waals surface area contributed by atoms with Crippen molar-refractivity contribution in [1.29, 1.82) is 0 Å². The van der Waals surface area contributed by atoms with Gasteiger partial charge in [-0.1, -0.05) is 22.0 Å². The molecule has 4 nitrogen and oxygen atoms in total. The van der Waals surface area contributed by atoms with Gasteiger partial charge < -0.3 is 14.9 Å². The maximum absolute atomic E-state index is 10.4. The molecule has 0 amide bonds. The molecule has 0 bridgehead atoms. The van der Waals surface area contributed by atoms with Crippen LogP contribution < -0.4 is 4.74 Å². The molecule has 5 heteroatoms. The van der Waals surface area contributed by atoms with Crippen LogP contribution in [0.15, 0.2) is 34.8 Å². The van der Waals surface area contributed by atoms with Gasteiger partial charge in [0.2, 0.25) is 0 Å². The molecular formula is C11H7BrO4. The summed E-state index contributed by atoms with van der Waals surface area (Å²) >= 11 is 3.31. The van der Waals surface area contributed by atoms with Crippen molar-refractivity contribution in [2.24, 2.45) is 0 Å². The number of phenolic OH excluding ortho intramolecular Hbond substituents is 1. The minimum Gasteiger partial charge on any atom is -0.504 e. The van der Waals surface area contributed by atoms with Gasteiger partial charge in [-0.15, -0.1) is 0 Å². The van der Waals surface area contributed by atoms with Crippen LogP contribution in [0.25, 0.3) is 10.8 Å². The van der Waals surface area contributed by atoms with Gasteiger partial charge in [0.05, 0.1) is 0 Å². The van der Waals surface area contributed by atoms with E-state index in [4.69, 9.17) is 5.11 Å². The molecule has 2 N–H and O–H groups in total. The lowest BCUT2D eigenvalue weighted by atomic mass is 10.1. The number of aromatic hydroxyl groups is 1. The predicted octanol–water partition coefficient (Wildman–Crippen LogP) is 3.36. The van der Waals surface area contributed by atoms with Crippen molar-refractivity contribution < 1.29 is 19.7 Å². The second-order valence-electron chi connectivity index (χ2n) is 3.18. The second kappa shape index (κ2) is 4.02. The van der Waals surface area contributed by atoms with Gasteiger partial charge in [0.25, 0.3) is 0 Å². The summed E-state index contributed by atoms with van der Waals surface area (Å²) < 4.78 is 5.31. The van der Waals surface area contributed by atoms with E-state index in [-0.39, 0.29) is 11.5 Å². The summed E-state index contributed by atoms with van der Waals surface area (Å²) in [6, 6.07) is 8.39. The Morgan fingerprint density at radius 2 is 1.94 bits per heavy atom. The van der Waals surface area contributed by atoms with Crippen LogP contribution in [0.5, 0.6) is 11.5 Å². The van der Waals surface area contributed by atoms with Gasteiger partial charge in [-0.25, -0.2) is 4.79 Å². The van der Waals surface area contributed by atoms with Crippen molar-refractivity contribution in [2.75, 3.05) is 0 Å². The van der Waals surface area contributed by atoms with E-state index in [2.05, 4.69) is 20.7 Å². The van der Waals surface area contributed by atoms with E-state index < -0.39 is 6.16 Å². The second-order valence-corrected chi connectivity index (χ2v) is 4.10. The molecular weight excluding hydrogens is 276 g/mol. The lowest BCUT2D eigenvalue weighted by Crippen LogP contribution is -2.02. The lowest BCUT2D eigenvalue weighted by Gasteiger charge is -2.05. The minimum absolute atomic E-state index is 0.0712. The van der Waals surface area contributed by atoms with E-state index in [9.17, 15) is 9.90 Å². The van der Waals surface area contributed by atoms with Crippen molar-refractivity contribution in [1.82, 2.24) is 0 Å². The number of rotatable bonds is 1. The first-order valence-electron chi connectivity index (χ1n) is 4.39. The average molecular weight is 283 g/mol. The number of hydrogen-bond acceptors (Lipinski definition) is 3. The molecule has 2 aromatic rings. The molecule has 0 heterocycles. The Bertz CT molecular complexity index is 565. The molecule has 16 heavy (non-hydrogen) atoms. The summed E-state index contributed by atoms with van der Waals surface area (Å²) in [5.41, 5.74) is 0. The van der Waals surface area contributed by atoms with Crippen molar-refractivity contribution in [3.63, 3.8) is 0 Å². The third kappa shape index (κ3) is 2.09. The molecule has 0 saturated heterocycles. The minimum atomic E-state index is -1.45. The van der Waals surface area contributed by atoms with Crippen LogP contribution >= 0.6 is 15.9 Å². The molecule has 2 aromatic carbocycles. The monoisotopic (exact) mass is 282 g/mol. The quantitative estimate of drug-likeness (QED) is 0.622. The molecule has 0 aromatic heterocycles. The van der Waals surface area contributed by atoms with E-state index >= 15 is 0 Å². The molecule has 2 rings (SSSR count). The SMILES string of the molecule is O=C(O)Oc1cc2cc(Br)ccc2cc1O. The summed E-state index contributed by atoms with van der Waals surface area (Å²) in [6.45, 7) is 0. The maximum atomic E-state index is 10.4. The fraction of sp³-hybridized carbons (Fsp3) is 0. The van der Waals surface area contributed by atoms with Crippen LogP contribution in [0, 0.1) is 0 Å². The number of fused-ring (bicyclic) bond motifs is 1. The highest BCUT2D eigenvalue weighted by Crippen LogP contribution is 2.32. The van der Waals surface area contributed by atoms with Gasteiger partial charge in [-0.3, -0.25) is 0 Å². The third-order valence-electron chi connectivity index (χ3n) is 2.08. The first-order chi connectivity index (χ1) is 7.56. The number of ether oxygens (including phenoxy) is 1. The first kappa shape index (κ1) is 10.8. The fourth-order valence-corrected chi connectivity index (χ4v) is 1.79. The van der Waals surface area contributed by atoms with Crippen molar-refractivity contribution in [2.45, 2.75) is 0 Å². The van der Waals surface area contributed by atoms with Crippen molar-refractivity contribution in [3.8, 4) is 11.5 Å². The Kier molecular flexibility index (Phi) is 2.70. The van der Waals surface area contributed by atoms with Crippen LogP contribution in [-0.4, -0.2) is 16.4 Å². The highest BCUT2D eigenvalue weighted by molar-refractivity contribution is 9.10. The van der Waals surface area contributed by atoms with Crippen molar-refractivity contribution >= 4 is 32.9 Å². The third-order valence-corrected chi connectivity index (χ3v) is 2.57. The molecule has 0 aliphatic heterocycles. The van der Waals surface area contributed by atoms with E-state index in [1.807, 2.05) is 18.2 Å². The number of halogens is 1. The summed E-state index contributed by atoms with van der Waals surface area (Å²) in [4.78, 5) is 10.4. The zero-order chi connectivity index (χ0) is 11.7. The molecule has 0 aliphatic carbocycles. The normalized spacial score (nSPS) is 10.3. The Morgan fingerprint density at radius 3 is 2.62 bits per heavy atom. The topological polar surface area (TPSA) is 66.8 Å². The highest BCUT2D eigenvalue weighted by Gasteiger charge is 2.08. The molecule has 0 spiro atoms. The summed E-state index contributed by atoms with van der Waals surface area (Å²) in [5.74, 6) is -0.268. The number of benzene rings is 2. The van der Waals surface area contributed by atoms with Gasteiger partial charge in [0.1, 0.15) is 0 Å². The van der Waals surface area contributed by atoms with E-state index in [1.165, 1.54) is 12.1 Å². The zero-order valence-electron chi connectivity index (χ0n) is 7.98. The number of phenols is 1. The van der Waals surface area contributed by atoms with Crippen LogP contribution in [-0.2, 0) is 0 Å². The maximum Gasteiger partial charge on any atom is 0.511 e. The van der Waals surface area contributed by atoms with Crippen LogP contribution in [0.3, 0.4) is 0 Å². The number of hydrogen-bond donors (Lipinski definition) is 2. The zero-order valence-corrected chi connectivity index (χ0v) is 9.56. The summed E-state index contributed by atoms with van der Waals surface area (Å²) in [6.07, 6.45) is -1.45. The molecule has 0 atom stereocenters. The smallest absolute Gasteiger partial charge is 0.504 e. The van der Waals surface area contributed by atoms with Crippen LogP contribution in [0.1, 0.15) is 0 Å². The average Bonchev–Trinajstić information content (AvgIpc) is 2.19. The Labute approximate surface area is 99.2 Å². The lowest BCUT2D eigenvalue weighted by molar-refractivity contribution is 0.143. The summed E-state index contributed by atoms with van der Waals surface area (Å²) in [5, 5.41) is 19.6. The van der Waals surface area contributed by atoms with Gasteiger partial charge in [0.15, 0.2) is 11.5 Å². The highest BCUT2D eigenvalue weighted by atomic mass is 79.9. The van der Waals surface area contributed by atoms with E-state index in [1.54, 1.807) is 0 Å².